The van der Waals surface area contributed by atoms with E-state index >= 15 is 0 Å². The minimum absolute atomic E-state index is 0.126. The predicted molar refractivity (Wildman–Crippen MR) is 207 cm³/mol. The monoisotopic (exact) mass is 962 g/mol. The first kappa shape index (κ1) is 47.0. The molecular weight excluding hydrogens is 910 g/mol. The molecule has 0 atom stereocenters. The summed E-state index contributed by atoms with van der Waals surface area (Å²) >= 11 is 4.33. The molecule has 0 aliphatic heterocycles. The Balaban J connectivity index is 2.38. The van der Waals surface area contributed by atoms with Crippen molar-refractivity contribution in [2.75, 3.05) is 94.0 Å². The van der Waals surface area contributed by atoms with E-state index in [-0.39, 0.29) is 74.2 Å². The van der Waals surface area contributed by atoms with E-state index in [4.69, 9.17) is 9.47 Å². The molecule has 0 saturated carbocycles. The van der Waals surface area contributed by atoms with E-state index in [0.717, 1.165) is 7.14 Å². The lowest BCUT2D eigenvalue weighted by molar-refractivity contribution is -0.142. The molecule has 0 aromatic heterocycles. The number of amides is 2. The lowest BCUT2D eigenvalue weighted by Gasteiger charge is -2.21. The molecule has 0 fully saturated rings. The van der Waals surface area contributed by atoms with Crippen LogP contribution in [-0.2, 0) is 47.7 Å². The number of benzene rings is 1. The van der Waals surface area contributed by atoms with Crippen molar-refractivity contribution in [1.29, 1.82) is 0 Å². The minimum atomic E-state index is -0.348. The number of carbonyl (C=O) groups excluding carboxylic acids is 6. The molecule has 1 aromatic carbocycles. The number of methoxy groups -OCH3 is 4. The molecule has 1 rings (SSSR count). The lowest BCUT2D eigenvalue weighted by Crippen LogP contribution is -2.37. The Labute approximate surface area is 332 Å². The Hall–Kier alpha value is -2.98. The van der Waals surface area contributed by atoms with E-state index in [1.807, 2.05) is 21.9 Å². The van der Waals surface area contributed by atoms with E-state index in [1.165, 1.54) is 28.4 Å². The molecule has 294 valence electrons. The SMILES string of the molecule is COC(=O)CCN(CCNC(=O)CCCOc1cc(I)c(OCCCC(=O)NCCN(CCC(=O)OC)CCC(=O)OC)cc1I)CCC(=O)OC. The Morgan fingerprint density at radius 2 is 0.827 bits per heavy atom. The summed E-state index contributed by atoms with van der Waals surface area (Å²) in [5.74, 6) is -0.289. The highest BCUT2D eigenvalue weighted by atomic mass is 127. The van der Waals surface area contributed by atoms with Crippen LogP contribution in [0.3, 0.4) is 0 Å². The third-order valence-corrected chi connectivity index (χ3v) is 9.22. The average molecular weight is 963 g/mol. The predicted octanol–water partition coefficient (Wildman–Crippen LogP) is 2.30. The summed E-state index contributed by atoms with van der Waals surface area (Å²) in [6, 6.07) is 3.74. The van der Waals surface area contributed by atoms with Crippen LogP contribution in [0.25, 0.3) is 0 Å². The summed E-state index contributed by atoms with van der Waals surface area (Å²) in [6.45, 7) is 3.94. The maximum atomic E-state index is 12.4. The maximum Gasteiger partial charge on any atom is 0.306 e. The molecule has 52 heavy (non-hydrogen) atoms. The fourth-order valence-corrected chi connectivity index (χ4v) is 5.71. The summed E-state index contributed by atoms with van der Waals surface area (Å²) in [5.41, 5.74) is 0. The zero-order valence-electron chi connectivity index (χ0n) is 30.4. The van der Waals surface area contributed by atoms with E-state index in [2.05, 4.69) is 74.8 Å². The summed E-state index contributed by atoms with van der Waals surface area (Å²) in [5, 5.41) is 5.73. The Morgan fingerprint density at radius 3 is 1.12 bits per heavy atom. The molecule has 0 aliphatic carbocycles. The van der Waals surface area contributed by atoms with Crippen molar-refractivity contribution in [1.82, 2.24) is 20.4 Å². The number of rotatable bonds is 28. The molecule has 0 aliphatic rings. The van der Waals surface area contributed by atoms with Gasteiger partial charge in [0, 0.05) is 65.2 Å². The second kappa shape index (κ2) is 28.5. The van der Waals surface area contributed by atoms with Crippen molar-refractivity contribution in [3.8, 4) is 11.5 Å². The van der Waals surface area contributed by atoms with Crippen molar-refractivity contribution in [2.24, 2.45) is 0 Å². The number of esters is 4. The number of halogens is 2. The highest BCUT2D eigenvalue weighted by Crippen LogP contribution is 2.31. The van der Waals surface area contributed by atoms with Crippen molar-refractivity contribution >= 4 is 80.9 Å². The average Bonchev–Trinajstić information content (AvgIpc) is 3.14. The highest BCUT2D eigenvalue weighted by molar-refractivity contribution is 14.1. The van der Waals surface area contributed by atoms with Gasteiger partial charge in [-0.3, -0.25) is 28.8 Å². The van der Waals surface area contributed by atoms with Gasteiger partial charge in [-0.2, -0.15) is 0 Å². The normalized spacial score (nSPS) is 10.8. The number of nitrogens with one attached hydrogen (secondary N) is 2. The zero-order valence-corrected chi connectivity index (χ0v) is 34.7. The first-order chi connectivity index (χ1) is 24.9. The molecule has 0 bridgehead atoms. The Bertz CT molecular complexity index is 1150. The van der Waals surface area contributed by atoms with Crippen molar-refractivity contribution in [3.05, 3.63) is 19.3 Å². The molecule has 0 saturated heterocycles. The van der Waals surface area contributed by atoms with Gasteiger partial charge >= 0.3 is 23.9 Å². The lowest BCUT2D eigenvalue weighted by atomic mass is 10.3. The fourth-order valence-electron chi connectivity index (χ4n) is 4.52. The molecule has 1 aromatic rings. The molecule has 0 unspecified atom stereocenters. The van der Waals surface area contributed by atoms with Gasteiger partial charge in [0.25, 0.3) is 0 Å². The van der Waals surface area contributed by atoms with Gasteiger partial charge < -0.3 is 48.9 Å². The van der Waals surface area contributed by atoms with E-state index in [0.29, 0.717) is 89.9 Å². The number of hydrogen-bond donors (Lipinski definition) is 2. The van der Waals surface area contributed by atoms with Crippen molar-refractivity contribution < 1.29 is 57.2 Å². The molecule has 2 N–H and O–H groups in total. The van der Waals surface area contributed by atoms with E-state index in [9.17, 15) is 28.8 Å². The van der Waals surface area contributed by atoms with Gasteiger partial charge in [0.15, 0.2) is 0 Å². The minimum Gasteiger partial charge on any atom is -0.492 e. The molecular formula is C34H52I2N4O12. The first-order valence-electron chi connectivity index (χ1n) is 16.9. The first-order valence-corrected chi connectivity index (χ1v) is 19.1. The third kappa shape index (κ3) is 22.2. The largest absolute Gasteiger partial charge is 0.492 e. The van der Waals surface area contributed by atoms with Gasteiger partial charge in [0.1, 0.15) is 11.5 Å². The summed E-state index contributed by atoms with van der Waals surface area (Å²) in [4.78, 5) is 74.6. The van der Waals surface area contributed by atoms with Crippen LogP contribution in [0.1, 0.15) is 51.4 Å². The van der Waals surface area contributed by atoms with E-state index < -0.39 is 0 Å². The van der Waals surface area contributed by atoms with Gasteiger partial charge in [-0.1, -0.05) is 0 Å². The fraction of sp³-hybridized carbons (Fsp3) is 0.647. The van der Waals surface area contributed by atoms with Crippen molar-refractivity contribution in [3.63, 3.8) is 0 Å². The van der Waals surface area contributed by atoms with Gasteiger partial charge in [-0.15, -0.1) is 0 Å². The van der Waals surface area contributed by atoms with Crippen LogP contribution in [0.4, 0.5) is 0 Å². The standard InChI is InChI=1S/C34H52I2N4O12/c1-47-31(43)9-15-39(16-10-32(44)48-2)19-13-37-29(41)7-5-21-51-27-23-26(36)28(24-25(27)35)52-22-6-8-30(42)38-14-20-40(17-11-33(45)49-3)18-12-34(46)50-4/h23-24H,5-22H2,1-4H3,(H,37,41)(H,38,42). The topological polar surface area (TPSA) is 188 Å². The van der Waals surface area contributed by atoms with Gasteiger partial charge in [0.2, 0.25) is 11.8 Å². The molecule has 18 heteroatoms. The van der Waals surface area contributed by atoms with Crippen LogP contribution < -0.4 is 20.1 Å². The Morgan fingerprint density at radius 1 is 0.519 bits per heavy atom. The van der Waals surface area contributed by atoms with Crippen LogP contribution in [0, 0.1) is 7.14 Å². The van der Waals surface area contributed by atoms with Gasteiger partial charge in [-0.05, 0) is 70.2 Å². The van der Waals surface area contributed by atoms with Crippen LogP contribution >= 0.6 is 45.2 Å². The number of nitrogens with zero attached hydrogens (tertiary/aromatic N) is 2. The van der Waals surface area contributed by atoms with Crippen molar-refractivity contribution in [2.45, 2.75) is 51.4 Å². The summed E-state index contributed by atoms with van der Waals surface area (Å²) in [7, 11) is 5.28. The molecule has 16 nitrogen and oxygen atoms in total. The second-order valence-electron chi connectivity index (χ2n) is 11.3. The van der Waals surface area contributed by atoms with Crippen LogP contribution in [0.5, 0.6) is 11.5 Å². The smallest absolute Gasteiger partial charge is 0.306 e. The quantitative estimate of drug-likeness (QED) is 0.0539. The number of carbonyl (C=O) groups is 6. The number of hydrogen-bond acceptors (Lipinski definition) is 14. The van der Waals surface area contributed by atoms with Gasteiger partial charge in [0.05, 0.1) is 74.5 Å². The highest BCUT2D eigenvalue weighted by Gasteiger charge is 2.14. The zero-order chi connectivity index (χ0) is 38.7. The summed E-state index contributed by atoms with van der Waals surface area (Å²) in [6.07, 6.45) is 2.28. The van der Waals surface area contributed by atoms with E-state index in [1.54, 1.807) is 0 Å². The second-order valence-corrected chi connectivity index (χ2v) is 13.6. The molecule has 2 amide bonds. The Kier molecular flexibility index (Phi) is 25.8. The molecule has 0 radical (unpaired) electrons. The maximum absolute atomic E-state index is 12.4. The molecule has 0 heterocycles. The van der Waals surface area contributed by atoms with Crippen LogP contribution in [0.2, 0.25) is 0 Å². The third-order valence-electron chi connectivity index (χ3n) is 7.54. The van der Waals surface area contributed by atoms with Gasteiger partial charge in [-0.25, -0.2) is 0 Å². The summed E-state index contributed by atoms with van der Waals surface area (Å²) < 4.78 is 32.3. The number of ether oxygens (including phenoxy) is 6. The van der Waals surface area contributed by atoms with Crippen LogP contribution in [-0.4, -0.2) is 140 Å². The van der Waals surface area contributed by atoms with Crippen LogP contribution in [0.15, 0.2) is 12.1 Å². The molecule has 0 spiro atoms.